The van der Waals surface area contributed by atoms with Crippen molar-refractivity contribution in [3.8, 4) is 5.75 Å². The third-order valence-corrected chi connectivity index (χ3v) is 12.4. The molecule has 12 nitrogen and oxygen atoms in total. The molecule has 3 N–H and O–H groups in total. The standard InChI is InChI=1S/C44H54ClF3N6O6/c1-29(31-13-20-52(21-14-31)22-18-39(55)59-34-9-4-3-5-10-34)12-19-51(2)41(56)38(28-30-26-35(44(46,47)48)40(49)36(45)27-30)60-43(58)53-23-16-33(17-24-53)54-25-15-32-8-6-7-11-37(32)50-42(54)57/h3-11,26-27,29,31,33,38H,12-25,28,49H2,1-2H3,(H,50,57)/t29?,38-/m1/s1. The molecule has 2 saturated heterocycles. The number of carbonyl (C=O) groups excluding carboxylic acids is 4. The Bertz CT molecular complexity index is 1970. The summed E-state index contributed by atoms with van der Waals surface area (Å²) in [6, 6.07) is 18.4. The van der Waals surface area contributed by atoms with Gasteiger partial charge in [0, 0.05) is 57.9 Å². The number of nitrogens with zero attached hydrogens (tertiary/aromatic N) is 4. The number of likely N-dealkylation sites (tertiary alicyclic amines) is 2. The van der Waals surface area contributed by atoms with Crippen LogP contribution in [0.2, 0.25) is 5.02 Å². The molecule has 6 rings (SSSR count). The molecule has 2 atom stereocenters. The van der Waals surface area contributed by atoms with Crippen LogP contribution in [0, 0.1) is 11.8 Å². The molecule has 0 spiro atoms. The Morgan fingerprint density at radius 2 is 1.65 bits per heavy atom. The Morgan fingerprint density at radius 1 is 0.967 bits per heavy atom. The van der Waals surface area contributed by atoms with Crippen molar-refractivity contribution < 1.29 is 41.8 Å². The SMILES string of the molecule is CC(CCN(C)C(=O)[C@@H](Cc1cc(Cl)c(N)c(C(F)(F)F)c1)OC(=O)N1CCC(N2CCc3ccccc3NC2=O)CC1)C1CCN(CCC(=O)Oc2ccccc2)CC1. The lowest BCUT2D eigenvalue weighted by Crippen LogP contribution is -2.51. The molecule has 0 bridgehead atoms. The molecule has 0 saturated carbocycles. The number of rotatable bonds is 13. The van der Waals surface area contributed by atoms with E-state index in [1.807, 2.05) is 42.5 Å². The van der Waals surface area contributed by atoms with Gasteiger partial charge in [-0.25, -0.2) is 9.59 Å². The van der Waals surface area contributed by atoms with Crippen LogP contribution in [-0.4, -0.2) is 109 Å². The molecule has 3 aromatic carbocycles. The molecule has 3 aromatic rings. The number of esters is 1. The van der Waals surface area contributed by atoms with Gasteiger partial charge in [0.1, 0.15) is 5.75 Å². The largest absolute Gasteiger partial charge is 0.436 e. The van der Waals surface area contributed by atoms with E-state index in [9.17, 15) is 32.3 Å². The van der Waals surface area contributed by atoms with Crippen LogP contribution in [0.25, 0.3) is 0 Å². The number of benzene rings is 3. The molecule has 3 aliphatic rings. The molecule has 3 aliphatic heterocycles. The minimum absolute atomic E-state index is 0.0430. The normalized spacial score (nSPS) is 17.9. The average Bonchev–Trinajstić information content (AvgIpc) is 3.40. The van der Waals surface area contributed by atoms with Gasteiger partial charge < -0.3 is 40.1 Å². The van der Waals surface area contributed by atoms with Gasteiger partial charge in [-0.2, -0.15) is 13.2 Å². The van der Waals surface area contributed by atoms with Crippen molar-refractivity contribution in [2.24, 2.45) is 11.8 Å². The van der Waals surface area contributed by atoms with E-state index < -0.39 is 35.5 Å². The number of para-hydroxylation sites is 2. The minimum atomic E-state index is -4.80. The highest BCUT2D eigenvalue weighted by Crippen LogP contribution is 2.38. The number of amides is 4. The fourth-order valence-electron chi connectivity index (χ4n) is 8.37. The van der Waals surface area contributed by atoms with E-state index in [4.69, 9.17) is 26.8 Å². The lowest BCUT2D eigenvalue weighted by atomic mass is 9.83. The highest BCUT2D eigenvalue weighted by Gasteiger charge is 2.37. The third-order valence-electron chi connectivity index (χ3n) is 12.1. The Balaban J connectivity index is 1.03. The smallest absolute Gasteiger partial charge is 0.418 e. The number of nitrogens with two attached hydrogens (primary N) is 1. The summed E-state index contributed by atoms with van der Waals surface area (Å²) in [5.41, 5.74) is 5.79. The van der Waals surface area contributed by atoms with E-state index in [1.165, 1.54) is 15.9 Å². The predicted octanol–water partition coefficient (Wildman–Crippen LogP) is 7.74. The number of anilines is 2. The van der Waals surface area contributed by atoms with Crippen LogP contribution >= 0.6 is 11.6 Å². The number of ether oxygens (including phenoxy) is 2. The van der Waals surface area contributed by atoms with E-state index in [1.54, 1.807) is 24.1 Å². The summed E-state index contributed by atoms with van der Waals surface area (Å²) in [4.78, 5) is 60.2. The summed E-state index contributed by atoms with van der Waals surface area (Å²) in [5.74, 6) is 0.343. The maximum Gasteiger partial charge on any atom is 0.418 e. The first kappa shape index (κ1) is 44.5. The van der Waals surface area contributed by atoms with Crippen molar-refractivity contribution in [1.82, 2.24) is 19.6 Å². The Kier molecular flexibility index (Phi) is 14.9. The number of carbonyl (C=O) groups is 4. The number of nitrogen functional groups attached to an aromatic ring is 1. The predicted molar refractivity (Wildman–Crippen MR) is 223 cm³/mol. The van der Waals surface area contributed by atoms with Gasteiger partial charge in [-0.1, -0.05) is 54.9 Å². The van der Waals surface area contributed by atoms with E-state index in [0.29, 0.717) is 63.4 Å². The van der Waals surface area contributed by atoms with Gasteiger partial charge >= 0.3 is 24.3 Å². The molecule has 4 amide bonds. The summed E-state index contributed by atoms with van der Waals surface area (Å²) in [7, 11) is 1.60. The van der Waals surface area contributed by atoms with Crippen LogP contribution in [0.4, 0.5) is 34.1 Å². The molecule has 16 heteroatoms. The van der Waals surface area contributed by atoms with Crippen molar-refractivity contribution >= 4 is 47.0 Å². The highest BCUT2D eigenvalue weighted by atomic mass is 35.5. The Labute approximate surface area is 354 Å². The second kappa shape index (κ2) is 20.0. The molecule has 0 radical (unpaired) electrons. The van der Waals surface area contributed by atoms with Crippen LogP contribution in [-0.2, 0) is 33.3 Å². The van der Waals surface area contributed by atoms with Crippen molar-refractivity contribution in [2.75, 3.05) is 63.9 Å². The van der Waals surface area contributed by atoms with Crippen LogP contribution < -0.4 is 15.8 Å². The molecule has 60 heavy (non-hydrogen) atoms. The first-order chi connectivity index (χ1) is 28.7. The van der Waals surface area contributed by atoms with Gasteiger partial charge in [0.2, 0.25) is 0 Å². The number of nitrogens with one attached hydrogen (secondary N) is 1. The molecular weight excluding hydrogens is 801 g/mol. The van der Waals surface area contributed by atoms with Crippen LogP contribution in [0.15, 0.2) is 66.7 Å². The summed E-state index contributed by atoms with van der Waals surface area (Å²) in [6.45, 7) is 5.80. The zero-order valence-corrected chi connectivity index (χ0v) is 34.9. The van der Waals surface area contributed by atoms with Gasteiger partial charge in [0.05, 0.1) is 22.7 Å². The molecular formula is C44H54ClF3N6O6. The first-order valence-corrected chi connectivity index (χ1v) is 21.0. The maximum atomic E-state index is 14.0. The number of likely N-dealkylation sites (N-methyl/N-ethyl adjacent to an activating group) is 1. The fraction of sp³-hybridized carbons (Fsp3) is 0.500. The number of piperidine rings is 2. The fourth-order valence-corrected chi connectivity index (χ4v) is 8.61. The third kappa shape index (κ3) is 11.6. The van der Waals surface area contributed by atoms with E-state index in [-0.39, 0.29) is 54.1 Å². The molecule has 3 heterocycles. The van der Waals surface area contributed by atoms with Gasteiger partial charge in [-0.15, -0.1) is 0 Å². The lowest BCUT2D eigenvalue weighted by Gasteiger charge is -2.38. The topological polar surface area (TPSA) is 138 Å². The van der Waals surface area contributed by atoms with Crippen LogP contribution in [0.5, 0.6) is 5.75 Å². The number of halogens is 4. The summed E-state index contributed by atoms with van der Waals surface area (Å²) < 4.78 is 53.0. The lowest BCUT2D eigenvalue weighted by molar-refractivity contribution is -0.140. The van der Waals surface area contributed by atoms with Crippen molar-refractivity contribution in [1.29, 1.82) is 0 Å². The van der Waals surface area contributed by atoms with Gasteiger partial charge in [-0.3, -0.25) is 9.59 Å². The number of hydrogen-bond acceptors (Lipinski definition) is 8. The Hall–Kier alpha value is -5.02. The highest BCUT2D eigenvalue weighted by molar-refractivity contribution is 6.33. The molecule has 324 valence electrons. The monoisotopic (exact) mass is 854 g/mol. The van der Waals surface area contributed by atoms with Crippen LogP contribution in [0.3, 0.4) is 0 Å². The minimum Gasteiger partial charge on any atom is -0.436 e. The molecule has 0 aliphatic carbocycles. The number of hydrogen-bond donors (Lipinski definition) is 2. The second-order valence-corrected chi connectivity index (χ2v) is 16.5. The zero-order chi connectivity index (χ0) is 43.0. The average molecular weight is 855 g/mol. The van der Waals surface area contributed by atoms with Gasteiger partial charge in [0.25, 0.3) is 5.91 Å². The number of alkyl halides is 3. The van der Waals surface area contributed by atoms with E-state index in [0.717, 1.165) is 43.2 Å². The maximum absolute atomic E-state index is 14.0. The van der Waals surface area contributed by atoms with Crippen molar-refractivity contribution in [2.45, 2.75) is 76.6 Å². The van der Waals surface area contributed by atoms with Gasteiger partial charge in [-0.05, 0) is 105 Å². The van der Waals surface area contributed by atoms with Gasteiger partial charge in [0.15, 0.2) is 6.10 Å². The summed E-state index contributed by atoms with van der Waals surface area (Å²) in [5, 5.41) is 2.67. The van der Waals surface area contributed by atoms with E-state index >= 15 is 0 Å². The van der Waals surface area contributed by atoms with Crippen LogP contribution in [0.1, 0.15) is 62.1 Å². The number of fused-ring (bicyclic) bond motifs is 1. The first-order valence-electron chi connectivity index (χ1n) is 20.7. The quantitative estimate of drug-likeness (QED) is 0.101. The molecule has 0 aromatic heterocycles. The second-order valence-electron chi connectivity index (χ2n) is 16.1. The zero-order valence-electron chi connectivity index (χ0n) is 34.1. The summed E-state index contributed by atoms with van der Waals surface area (Å²) >= 11 is 6.14. The number of urea groups is 1. The van der Waals surface area contributed by atoms with Crippen molar-refractivity contribution in [3.63, 3.8) is 0 Å². The van der Waals surface area contributed by atoms with Crippen molar-refractivity contribution in [3.05, 3.63) is 88.4 Å². The molecule has 2 fully saturated rings. The summed E-state index contributed by atoms with van der Waals surface area (Å²) in [6.07, 6.45) is -2.89. The Morgan fingerprint density at radius 3 is 2.35 bits per heavy atom. The van der Waals surface area contributed by atoms with E-state index in [2.05, 4.69) is 17.1 Å². The molecule has 1 unspecified atom stereocenters.